The monoisotopic (exact) mass is 314 g/mol. The number of halogens is 3. The third-order valence-corrected chi connectivity index (χ3v) is 4.02. The van der Waals surface area contributed by atoms with E-state index in [0.717, 1.165) is 11.1 Å². The quantitative estimate of drug-likeness (QED) is 0.591. The lowest BCUT2D eigenvalue weighted by Gasteiger charge is -2.37. The van der Waals surface area contributed by atoms with Crippen LogP contribution in [-0.2, 0) is 0 Å². The Morgan fingerprint density at radius 2 is 2.18 bits per heavy atom. The van der Waals surface area contributed by atoms with Crippen LogP contribution in [0.25, 0.3) is 0 Å². The first kappa shape index (κ1) is 16.8. The van der Waals surface area contributed by atoms with Gasteiger partial charge >= 0.3 is 6.18 Å². The predicted octanol–water partition coefficient (Wildman–Crippen LogP) is 2.47. The predicted molar refractivity (Wildman–Crippen MR) is 81.3 cm³/mol. The molecule has 1 aromatic rings. The average Bonchev–Trinajstić information content (AvgIpc) is 2.45. The molecule has 1 fully saturated rings. The highest BCUT2D eigenvalue weighted by molar-refractivity contribution is 5.85. The van der Waals surface area contributed by atoms with E-state index in [1.807, 2.05) is 17.9 Å². The molecule has 7 heteroatoms. The van der Waals surface area contributed by atoms with Gasteiger partial charge in [-0.1, -0.05) is 0 Å². The molecule has 1 unspecified atom stereocenters. The maximum absolute atomic E-state index is 12.5. The Balaban J connectivity index is 2.25. The molecule has 0 aliphatic carbocycles. The van der Waals surface area contributed by atoms with Gasteiger partial charge in [-0.2, -0.15) is 13.2 Å². The largest absolute Gasteiger partial charge is 0.398 e. The van der Waals surface area contributed by atoms with Gasteiger partial charge in [0, 0.05) is 49.7 Å². The van der Waals surface area contributed by atoms with E-state index in [2.05, 4.69) is 5.32 Å². The van der Waals surface area contributed by atoms with Gasteiger partial charge in [0.2, 0.25) is 0 Å². The summed E-state index contributed by atoms with van der Waals surface area (Å²) >= 11 is 0. The Kier molecular flexibility index (Phi) is 5.08. The number of rotatable bonds is 4. The Bertz CT molecular complexity index is 542. The van der Waals surface area contributed by atoms with Gasteiger partial charge in [-0.15, -0.1) is 0 Å². The number of benzene rings is 1. The number of alkyl halides is 3. The summed E-state index contributed by atoms with van der Waals surface area (Å²) in [6, 6.07) is 3.47. The Morgan fingerprint density at radius 3 is 2.82 bits per heavy atom. The van der Waals surface area contributed by atoms with Crippen LogP contribution in [-0.4, -0.2) is 43.5 Å². The number of aryl methyl sites for hydroxylation is 1. The fourth-order valence-corrected chi connectivity index (χ4v) is 2.84. The number of nitrogens with zero attached hydrogens (tertiary/aromatic N) is 1. The fourth-order valence-electron chi connectivity index (χ4n) is 2.84. The maximum atomic E-state index is 12.5. The molecule has 0 amide bonds. The highest BCUT2D eigenvalue weighted by atomic mass is 19.4. The van der Waals surface area contributed by atoms with E-state index in [4.69, 9.17) is 11.1 Å². The lowest BCUT2D eigenvalue weighted by molar-refractivity contribution is -0.139. The van der Waals surface area contributed by atoms with Crippen molar-refractivity contribution in [3.8, 4) is 0 Å². The van der Waals surface area contributed by atoms with Crippen molar-refractivity contribution >= 4 is 11.9 Å². The Morgan fingerprint density at radius 1 is 1.45 bits per heavy atom. The number of piperazine rings is 1. The standard InChI is InChI=1S/C15H21F3N4/c1-10-6-13(20)11(8-19)7-12(10)14-9-21-3-5-22(14)4-2-15(16,17)18/h6-8,14,19,21H,2-5,9,20H2,1H3. The normalized spacial score (nSPS) is 20.1. The van der Waals surface area contributed by atoms with Crippen LogP contribution in [0.1, 0.15) is 29.2 Å². The van der Waals surface area contributed by atoms with Crippen LogP contribution < -0.4 is 11.1 Å². The summed E-state index contributed by atoms with van der Waals surface area (Å²) in [4.78, 5) is 1.86. The molecule has 4 nitrogen and oxygen atoms in total. The lowest BCUT2D eigenvalue weighted by atomic mass is 9.95. The van der Waals surface area contributed by atoms with Crippen molar-refractivity contribution < 1.29 is 13.2 Å². The van der Waals surface area contributed by atoms with E-state index in [1.165, 1.54) is 6.21 Å². The molecule has 1 atom stereocenters. The minimum absolute atomic E-state index is 0.0143. The SMILES string of the molecule is Cc1cc(N)c(C=N)cc1C1CNCCN1CCC(F)(F)F. The lowest BCUT2D eigenvalue weighted by Crippen LogP contribution is -2.47. The van der Waals surface area contributed by atoms with Crippen molar-refractivity contribution in [3.05, 3.63) is 28.8 Å². The first-order valence-electron chi connectivity index (χ1n) is 7.24. The minimum atomic E-state index is -4.15. The third-order valence-electron chi connectivity index (χ3n) is 4.02. The first-order valence-corrected chi connectivity index (χ1v) is 7.24. The molecule has 1 aromatic carbocycles. The summed E-state index contributed by atoms with van der Waals surface area (Å²) in [7, 11) is 0. The topological polar surface area (TPSA) is 65.1 Å². The Hall–Kier alpha value is -1.60. The molecule has 22 heavy (non-hydrogen) atoms. The van der Waals surface area contributed by atoms with E-state index < -0.39 is 12.6 Å². The zero-order valence-corrected chi connectivity index (χ0v) is 12.5. The van der Waals surface area contributed by atoms with Gasteiger partial charge < -0.3 is 16.5 Å². The highest BCUT2D eigenvalue weighted by Crippen LogP contribution is 2.30. The average molecular weight is 314 g/mol. The van der Waals surface area contributed by atoms with Crippen LogP contribution in [0.3, 0.4) is 0 Å². The van der Waals surface area contributed by atoms with E-state index in [9.17, 15) is 13.2 Å². The van der Waals surface area contributed by atoms with Crippen LogP contribution in [0.2, 0.25) is 0 Å². The summed E-state index contributed by atoms with van der Waals surface area (Å²) in [5.74, 6) is 0. The number of hydrogen-bond donors (Lipinski definition) is 3. The van der Waals surface area contributed by atoms with E-state index >= 15 is 0 Å². The van der Waals surface area contributed by atoms with E-state index in [0.29, 0.717) is 30.9 Å². The zero-order valence-electron chi connectivity index (χ0n) is 12.5. The van der Waals surface area contributed by atoms with Crippen molar-refractivity contribution in [2.45, 2.75) is 25.6 Å². The van der Waals surface area contributed by atoms with Gasteiger partial charge in [0.05, 0.1) is 6.42 Å². The van der Waals surface area contributed by atoms with Gasteiger partial charge in [-0.25, -0.2) is 0 Å². The number of nitrogen functional groups attached to an aromatic ring is 1. The zero-order chi connectivity index (χ0) is 16.3. The van der Waals surface area contributed by atoms with Crippen molar-refractivity contribution in [1.82, 2.24) is 10.2 Å². The second kappa shape index (κ2) is 6.66. The van der Waals surface area contributed by atoms with Crippen molar-refractivity contribution in [1.29, 1.82) is 5.41 Å². The van der Waals surface area contributed by atoms with Gasteiger partial charge in [-0.05, 0) is 30.2 Å². The molecule has 0 saturated carbocycles. The van der Waals surface area contributed by atoms with Gasteiger partial charge in [0.15, 0.2) is 0 Å². The van der Waals surface area contributed by atoms with Gasteiger partial charge in [0.25, 0.3) is 0 Å². The summed E-state index contributed by atoms with van der Waals surface area (Å²) in [6.45, 7) is 3.74. The molecule has 4 N–H and O–H groups in total. The fraction of sp³-hybridized carbons (Fsp3) is 0.533. The van der Waals surface area contributed by atoms with Crippen molar-refractivity contribution in [2.75, 3.05) is 31.9 Å². The smallest absolute Gasteiger partial charge is 0.390 e. The molecule has 1 aliphatic heterocycles. The summed E-state index contributed by atoms with van der Waals surface area (Å²) < 4.78 is 37.5. The second-order valence-electron chi connectivity index (χ2n) is 5.60. The molecule has 1 heterocycles. The van der Waals surface area contributed by atoms with Crippen LogP contribution in [0.15, 0.2) is 12.1 Å². The molecule has 0 radical (unpaired) electrons. The molecular formula is C15H21F3N4. The molecule has 0 bridgehead atoms. The third kappa shape index (κ3) is 3.98. The molecule has 1 saturated heterocycles. The second-order valence-corrected chi connectivity index (χ2v) is 5.60. The van der Waals surface area contributed by atoms with Crippen LogP contribution in [0.4, 0.5) is 18.9 Å². The summed E-state index contributed by atoms with van der Waals surface area (Å²) in [6.07, 6.45) is -3.78. The van der Waals surface area contributed by atoms with Crippen LogP contribution in [0, 0.1) is 12.3 Å². The first-order chi connectivity index (χ1) is 10.3. The van der Waals surface area contributed by atoms with Crippen LogP contribution in [0.5, 0.6) is 0 Å². The number of nitrogens with two attached hydrogens (primary N) is 1. The Labute approximate surface area is 128 Å². The maximum Gasteiger partial charge on any atom is 0.390 e. The molecule has 0 spiro atoms. The molecule has 2 rings (SSSR count). The molecule has 1 aliphatic rings. The minimum Gasteiger partial charge on any atom is -0.398 e. The number of anilines is 1. The molecule has 0 aromatic heterocycles. The van der Waals surface area contributed by atoms with Crippen molar-refractivity contribution in [2.24, 2.45) is 0 Å². The number of hydrogen-bond acceptors (Lipinski definition) is 4. The molecular weight excluding hydrogens is 293 g/mol. The summed E-state index contributed by atoms with van der Waals surface area (Å²) in [5.41, 5.74) is 8.84. The number of nitrogens with one attached hydrogen (secondary N) is 2. The highest BCUT2D eigenvalue weighted by Gasteiger charge is 2.31. The van der Waals surface area contributed by atoms with E-state index in [1.54, 1.807) is 6.07 Å². The van der Waals surface area contributed by atoms with Crippen molar-refractivity contribution in [3.63, 3.8) is 0 Å². The molecule has 122 valence electrons. The van der Waals surface area contributed by atoms with E-state index in [-0.39, 0.29) is 12.6 Å². The van der Waals surface area contributed by atoms with Gasteiger partial charge in [-0.3, -0.25) is 4.90 Å². The summed E-state index contributed by atoms with van der Waals surface area (Å²) in [5, 5.41) is 10.6. The van der Waals surface area contributed by atoms with Gasteiger partial charge in [0.1, 0.15) is 0 Å². The van der Waals surface area contributed by atoms with Crippen LogP contribution >= 0.6 is 0 Å².